The van der Waals surface area contributed by atoms with Crippen molar-refractivity contribution in [2.45, 2.75) is 11.4 Å². The largest absolute Gasteiger partial charge is 0.350 e. The second kappa shape index (κ2) is 9.07. The molecule has 0 unspecified atom stereocenters. The van der Waals surface area contributed by atoms with Crippen molar-refractivity contribution in [3.63, 3.8) is 0 Å². The summed E-state index contributed by atoms with van der Waals surface area (Å²) in [5.41, 5.74) is 0.559. The quantitative estimate of drug-likeness (QED) is 0.613. The van der Waals surface area contributed by atoms with Gasteiger partial charge in [0.1, 0.15) is 12.4 Å². The van der Waals surface area contributed by atoms with Gasteiger partial charge in [-0.3, -0.25) is 9.10 Å². The molecule has 0 fully saturated rings. The molecular weight excluding hydrogens is 415 g/mol. The SMILES string of the molecule is O=C(CN(c1cc(Cl)ccc1F)S(=O)(=O)c1ccccc1)NCc1ccccc1. The summed E-state index contributed by atoms with van der Waals surface area (Å²) in [6.07, 6.45) is 0. The van der Waals surface area contributed by atoms with Gasteiger partial charge in [0, 0.05) is 11.6 Å². The van der Waals surface area contributed by atoms with Gasteiger partial charge in [0.25, 0.3) is 10.0 Å². The predicted molar refractivity (Wildman–Crippen MR) is 111 cm³/mol. The standard InChI is InChI=1S/C21H18ClFN2O3S/c22-17-11-12-19(23)20(13-17)25(29(27,28)18-9-5-2-6-10-18)15-21(26)24-14-16-7-3-1-4-8-16/h1-13H,14-15H2,(H,24,26). The molecule has 1 N–H and O–H groups in total. The van der Waals surface area contributed by atoms with E-state index in [-0.39, 0.29) is 22.2 Å². The average molecular weight is 433 g/mol. The number of sulfonamides is 1. The molecule has 150 valence electrons. The summed E-state index contributed by atoms with van der Waals surface area (Å²) in [6, 6.07) is 20.2. The van der Waals surface area contributed by atoms with Crippen molar-refractivity contribution in [1.82, 2.24) is 5.32 Å². The third-order valence-corrected chi connectivity index (χ3v) is 6.14. The van der Waals surface area contributed by atoms with Gasteiger partial charge in [-0.15, -0.1) is 0 Å². The molecule has 0 atom stereocenters. The first kappa shape index (κ1) is 20.8. The predicted octanol–water partition coefficient (Wildman–Crippen LogP) is 3.99. The fourth-order valence-electron chi connectivity index (χ4n) is 2.68. The van der Waals surface area contributed by atoms with Gasteiger partial charge in [0.15, 0.2) is 0 Å². The number of nitrogens with zero attached hydrogens (tertiary/aromatic N) is 1. The number of rotatable bonds is 7. The minimum Gasteiger partial charge on any atom is -0.350 e. The molecule has 29 heavy (non-hydrogen) atoms. The van der Waals surface area contributed by atoms with Gasteiger partial charge in [-0.2, -0.15) is 0 Å². The Labute approximate surface area is 173 Å². The maximum absolute atomic E-state index is 14.5. The van der Waals surface area contributed by atoms with E-state index in [4.69, 9.17) is 11.6 Å². The van der Waals surface area contributed by atoms with Crippen molar-refractivity contribution < 1.29 is 17.6 Å². The molecule has 3 aromatic carbocycles. The van der Waals surface area contributed by atoms with E-state index in [1.807, 2.05) is 30.3 Å². The molecule has 0 aliphatic rings. The number of hydrogen-bond acceptors (Lipinski definition) is 3. The van der Waals surface area contributed by atoms with Gasteiger partial charge in [-0.25, -0.2) is 12.8 Å². The number of hydrogen-bond donors (Lipinski definition) is 1. The van der Waals surface area contributed by atoms with Crippen molar-refractivity contribution in [3.05, 3.63) is 95.3 Å². The molecule has 0 heterocycles. The van der Waals surface area contributed by atoms with Gasteiger partial charge < -0.3 is 5.32 Å². The van der Waals surface area contributed by atoms with Gasteiger partial charge in [0.05, 0.1) is 10.6 Å². The maximum Gasteiger partial charge on any atom is 0.264 e. The minimum atomic E-state index is -4.20. The fourth-order valence-corrected chi connectivity index (χ4v) is 4.29. The third-order valence-electron chi connectivity index (χ3n) is 4.13. The van der Waals surface area contributed by atoms with Gasteiger partial charge in [0.2, 0.25) is 5.91 Å². The zero-order valence-electron chi connectivity index (χ0n) is 15.3. The van der Waals surface area contributed by atoms with Gasteiger partial charge >= 0.3 is 0 Å². The van der Waals surface area contributed by atoms with Crippen LogP contribution in [0.25, 0.3) is 0 Å². The van der Waals surface area contributed by atoms with Crippen LogP contribution in [0.15, 0.2) is 83.8 Å². The fraction of sp³-hybridized carbons (Fsp3) is 0.0952. The molecule has 0 bridgehead atoms. The Bertz CT molecular complexity index is 1090. The normalized spacial score (nSPS) is 11.1. The molecule has 5 nitrogen and oxygen atoms in total. The van der Waals surface area contributed by atoms with Crippen LogP contribution >= 0.6 is 11.6 Å². The van der Waals surface area contributed by atoms with Crippen molar-refractivity contribution in [1.29, 1.82) is 0 Å². The number of carbonyl (C=O) groups excluding carboxylic acids is 1. The first-order valence-electron chi connectivity index (χ1n) is 8.71. The van der Waals surface area contributed by atoms with E-state index in [9.17, 15) is 17.6 Å². The van der Waals surface area contributed by atoms with Crippen LogP contribution in [0.4, 0.5) is 10.1 Å². The summed E-state index contributed by atoms with van der Waals surface area (Å²) >= 11 is 5.95. The summed E-state index contributed by atoms with van der Waals surface area (Å²) in [6.45, 7) is -0.377. The topological polar surface area (TPSA) is 66.5 Å². The lowest BCUT2D eigenvalue weighted by Gasteiger charge is -2.24. The summed E-state index contributed by atoms with van der Waals surface area (Å²) < 4.78 is 41.5. The zero-order valence-corrected chi connectivity index (χ0v) is 16.8. The Morgan fingerprint density at radius 1 is 0.966 bits per heavy atom. The number of benzene rings is 3. The average Bonchev–Trinajstić information content (AvgIpc) is 2.73. The molecule has 3 rings (SSSR count). The van der Waals surface area contributed by atoms with Crippen molar-refractivity contribution in [3.8, 4) is 0 Å². The molecule has 0 saturated heterocycles. The lowest BCUT2D eigenvalue weighted by atomic mass is 10.2. The van der Waals surface area contributed by atoms with E-state index in [0.29, 0.717) is 0 Å². The molecule has 0 saturated carbocycles. The molecule has 0 aliphatic heterocycles. The summed E-state index contributed by atoms with van der Waals surface area (Å²) in [5, 5.41) is 2.81. The summed E-state index contributed by atoms with van der Waals surface area (Å²) in [5.74, 6) is -1.38. The number of nitrogens with one attached hydrogen (secondary N) is 1. The molecule has 3 aromatic rings. The Hall–Kier alpha value is -2.90. The first-order valence-corrected chi connectivity index (χ1v) is 10.5. The van der Waals surface area contributed by atoms with Crippen molar-refractivity contribution in [2.24, 2.45) is 0 Å². The number of carbonyl (C=O) groups is 1. The van der Waals surface area contributed by atoms with E-state index < -0.39 is 28.3 Å². The minimum absolute atomic E-state index is 0.0600. The molecule has 0 aliphatic carbocycles. The highest BCUT2D eigenvalue weighted by molar-refractivity contribution is 7.92. The van der Waals surface area contributed by atoms with Crippen LogP contribution in [0.5, 0.6) is 0 Å². The maximum atomic E-state index is 14.5. The zero-order chi connectivity index (χ0) is 20.9. The molecule has 1 amide bonds. The smallest absolute Gasteiger partial charge is 0.264 e. The lowest BCUT2D eigenvalue weighted by molar-refractivity contribution is -0.119. The van der Waals surface area contributed by atoms with Crippen LogP contribution in [0, 0.1) is 5.82 Å². The highest BCUT2D eigenvalue weighted by Gasteiger charge is 2.29. The highest BCUT2D eigenvalue weighted by atomic mass is 35.5. The van der Waals surface area contributed by atoms with Crippen LogP contribution in [-0.2, 0) is 21.4 Å². The van der Waals surface area contributed by atoms with Crippen LogP contribution in [0.3, 0.4) is 0 Å². The van der Waals surface area contributed by atoms with E-state index >= 15 is 0 Å². The highest BCUT2D eigenvalue weighted by Crippen LogP contribution is 2.28. The Morgan fingerprint density at radius 2 is 1.59 bits per heavy atom. The first-order chi connectivity index (χ1) is 13.9. The molecule has 0 spiro atoms. The second-order valence-corrected chi connectivity index (χ2v) is 8.48. The number of amides is 1. The van der Waals surface area contributed by atoms with Crippen molar-refractivity contribution >= 4 is 33.2 Å². The van der Waals surface area contributed by atoms with Crippen molar-refractivity contribution in [2.75, 3.05) is 10.8 Å². The molecule has 0 radical (unpaired) electrons. The summed E-state index contributed by atoms with van der Waals surface area (Å²) in [4.78, 5) is 12.4. The van der Waals surface area contributed by atoms with E-state index in [2.05, 4.69) is 5.32 Å². The van der Waals surface area contributed by atoms with Crippen LogP contribution < -0.4 is 9.62 Å². The lowest BCUT2D eigenvalue weighted by Crippen LogP contribution is -2.41. The third kappa shape index (κ3) is 5.13. The number of halogens is 2. The Kier molecular flexibility index (Phi) is 6.51. The van der Waals surface area contributed by atoms with Crippen LogP contribution in [0.1, 0.15) is 5.56 Å². The molecule has 8 heteroatoms. The van der Waals surface area contributed by atoms with Gasteiger partial charge in [-0.05, 0) is 35.9 Å². The molecular formula is C21H18ClFN2O3S. The van der Waals surface area contributed by atoms with Crippen LogP contribution in [-0.4, -0.2) is 20.9 Å². The molecule has 0 aromatic heterocycles. The monoisotopic (exact) mass is 432 g/mol. The van der Waals surface area contributed by atoms with Gasteiger partial charge in [-0.1, -0.05) is 60.1 Å². The Balaban J connectivity index is 1.91. The van der Waals surface area contributed by atoms with E-state index in [1.54, 1.807) is 18.2 Å². The van der Waals surface area contributed by atoms with E-state index in [1.165, 1.54) is 24.3 Å². The second-order valence-electron chi connectivity index (χ2n) is 6.18. The van der Waals surface area contributed by atoms with E-state index in [0.717, 1.165) is 15.9 Å². The van der Waals surface area contributed by atoms with Crippen LogP contribution in [0.2, 0.25) is 5.02 Å². The number of anilines is 1. The Morgan fingerprint density at radius 3 is 2.24 bits per heavy atom. The summed E-state index contributed by atoms with van der Waals surface area (Å²) in [7, 11) is -4.20.